The first kappa shape index (κ1) is 24.1. The first-order valence-corrected chi connectivity index (χ1v) is 12.4. The molecule has 3 heterocycles. The highest BCUT2D eigenvalue weighted by Gasteiger charge is 2.23. The lowest BCUT2D eigenvalue weighted by Crippen LogP contribution is -2.30. The van der Waals surface area contributed by atoms with Crippen molar-refractivity contribution in [3.63, 3.8) is 0 Å². The lowest BCUT2D eigenvalue weighted by molar-refractivity contribution is 0.0981. The molecule has 4 rings (SSSR count). The monoisotopic (exact) mass is 496 g/mol. The molecule has 0 unspecified atom stereocenters. The number of aromatic nitrogens is 5. The first-order chi connectivity index (χ1) is 16.7. The summed E-state index contributed by atoms with van der Waals surface area (Å²) in [6, 6.07) is 6.90. The molecule has 11 nitrogen and oxygen atoms in total. The fourth-order valence-electron chi connectivity index (χ4n) is 3.67. The molecule has 2 N–H and O–H groups in total. The van der Waals surface area contributed by atoms with Gasteiger partial charge in [0.05, 0.1) is 22.8 Å². The van der Waals surface area contributed by atoms with E-state index in [0.717, 1.165) is 6.42 Å². The minimum Gasteiger partial charge on any atom is -0.493 e. The Labute approximate surface area is 201 Å². The van der Waals surface area contributed by atoms with Crippen LogP contribution in [0.3, 0.4) is 0 Å². The van der Waals surface area contributed by atoms with Crippen molar-refractivity contribution in [2.75, 3.05) is 6.61 Å². The summed E-state index contributed by atoms with van der Waals surface area (Å²) in [6.07, 6.45) is 4.21. The summed E-state index contributed by atoms with van der Waals surface area (Å²) in [5.74, 6) is -0.334. The summed E-state index contributed by atoms with van der Waals surface area (Å²) in [5.41, 5.74) is 1.42. The van der Waals surface area contributed by atoms with E-state index in [2.05, 4.69) is 20.1 Å². The smallest absolute Gasteiger partial charge is 0.277 e. The Bertz CT molecular complexity index is 1560. The largest absolute Gasteiger partial charge is 0.493 e. The molecule has 1 amide bonds. The molecular weight excluding hydrogens is 472 g/mol. The summed E-state index contributed by atoms with van der Waals surface area (Å²) in [7, 11) is -2.58. The molecule has 3 aromatic heterocycles. The van der Waals surface area contributed by atoms with Crippen LogP contribution in [-0.2, 0) is 23.5 Å². The van der Waals surface area contributed by atoms with Gasteiger partial charge in [0.15, 0.2) is 5.52 Å². The zero-order chi connectivity index (χ0) is 25.2. The van der Waals surface area contributed by atoms with E-state index in [1.165, 1.54) is 47.4 Å². The first-order valence-electron chi connectivity index (χ1n) is 11.0. The average Bonchev–Trinajstić information content (AvgIpc) is 3.15. The molecule has 0 aliphatic carbocycles. The zero-order valence-electron chi connectivity index (χ0n) is 19.4. The van der Waals surface area contributed by atoms with Crippen molar-refractivity contribution < 1.29 is 17.9 Å². The number of nitrogens with zero attached hydrogens (tertiary/aromatic N) is 4. The average molecular weight is 497 g/mol. The maximum Gasteiger partial charge on any atom is 0.277 e. The van der Waals surface area contributed by atoms with Gasteiger partial charge in [-0.1, -0.05) is 13.3 Å². The van der Waals surface area contributed by atoms with Crippen molar-refractivity contribution in [2.24, 2.45) is 7.05 Å². The van der Waals surface area contributed by atoms with Crippen LogP contribution < -0.4 is 15.0 Å². The van der Waals surface area contributed by atoms with Crippen LogP contribution in [0.25, 0.3) is 22.4 Å². The fraction of sp³-hybridized carbons (Fsp3) is 0.261. The number of fused-ring (bicyclic) bond motifs is 1. The van der Waals surface area contributed by atoms with E-state index in [-0.39, 0.29) is 21.8 Å². The lowest BCUT2D eigenvalue weighted by Gasteiger charge is -2.13. The second-order valence-corrected chi connectivity index (χ2v) is 9.38. The van der Waals surface area contributed by atoms with Gasteiger partial charge in [-0.2, -0.15) is 5.10 Å². The van der Waals surface area contributed by atoms with Crippen LogP contribution in [0.15, 0.2) is 52.4 Å². The van der Waals surface area contributed by atoms with E-state index in [1.54, 1.807) is 14.0 Å². The van der Waals surface area contributed by atoms with Crippen molar-refractivity contribution in [1.82, 2.24) is 29.5 Å². The number of carbonyl (C=O) groups is 1. The van der Waals surface area contributed by atoms with Crippen LogP contribution >= 0.6 is 0 Å². The number of hydrogen-bond acceptors (Lipinski definition) is 8. The highest BCUT2D eigenvalue weighted by Crippen LogP contribution is 2.31. The van der Waals surface area contributed by atoms with Crippen molar-refractivity contribution in [3.8, 4) is 17.1 Å². The van der Waals surface area contributed by atoms with E-state index in [0.29, 0.717) is 35.5 Å². The SMILES string of the molecule is CCCc1nn(C)c2c(=O)[nH]c(-c3cc(S(=O)(=O)NC(=O)c4ccncc4)ccc3OCC)nc12. The number of carbonyl (C=O) groups excluding carboxylic acids is 1. The molecule has 182 valence electrons. The summed E-state index contributed by atoms with van der Waals surface area (Å²) in [5, 5.41) is 4.41. The quantitative estimate of drug-likeness (QED) is 0.377. The molecule has 0 aliphatic rings. The number of pyridine rings is 1. The molecule has 0 bridgehead atoms. The van der Waals surface area contributed by atoms with Gasteiger partial charge in [0.2, 0.25) is 0 Å². The Morgan fingerprint density at radius 3 is 2.60 bits per heavy atom. The summed E-state index contributed by atoms with van der Waals surface area (Å²) in [6.45, 7) is 4.08. The number of aromatic amines is 1. The van der Waals surface area contributed by atoms with Crippen molar-refractivity contribution in [3.05, 3.63) is 64.3 Å². The van der Waals surface area contributed by atoms with Crippen LogP contribution in [-0.4, -0.2) is 45.7 Å². The minimum absolute atomic E-state index is 0.133. The van der Waals surface area contributed by atoms with E-state index in [1.807, 2.05) is 11.6 Å². The van der Waals surface area contributed by atoms with Gasteiger partial charge in [0.1, 0.15) is 17.1 Å². The number of benzene rings is 1. The number of amides is 1. The summed E-state index contributed by atoms with van der Waals surface area (Å²) >= 11 is 0. The molecule has 35 heavy (non-hydrogen) atoms. The Hall–Kier alpha value is -4.06. The molecule has 0 atom stereocenters. The molecule has 0 fully saturated rings. The summed E-state index contributed by atoms with van der Waals surface area (Å²) < 4.78 is 35.2. The van der Waals surface area contributed by atoms with Gasteiger partial charge in [-0.15, -0.1) is 0 Å². The molecule has 0 radical (unpaired) electrons. The number of nitrogens with one attached hydrogen (secondary N) is 2. The van der Waals surface area contributed by atoms with Crippen LogP contribution in [0.1, 0.15) is 36.3 Å². The molecule has 0 aliphatic heterocycles. The number of sulfonamides is 1. The van der Waals surface area contributed by atoms with Gasteiger partial charge in [-0.05, 0) is 43.7 Å². The third kappa shape index (κ3) is 4.78. The van der Waals surface area contributed by atoms with Crippen LogP contribution in [0.2, 0.25) is 0 Å². The third-order valence-electron chi connectivity index (χ3n) is 5.24. The highest BCUT2D eigenvalue weighted by atomic mass is 32.2. The minimum atomic E-state index is -4.25. The molecule has 4 aromatic rings. The van der Waals surface area contributed by atoms with Gasteiger partial charge in [0, 0.05) is 25.0 Å². The second-order valence-electron chi connectivity index (χ2n) is 7.69. The topological polar surface area (TPSA) is 149 Å². The number of rotatable bonds is 8. The second kappa shape index (κ2) is 9.66. The fourth-order valence-corrected chi connectivity index (χ4v) is 4.67. The van der Waals surface area contributed by atoms with Gasteiger partial charge in [-0.25, -0.2) is 18.1 Å². The number of hydrogen-bond donors (Lipinski definition) is 2. The van der Waals surface area contributed by atoms with Gasteiger partial charge in [-0.3, -0.25) is 19.3 Å². The number of ether oxygens (including phenoxy) is 1. The summed E-state index contributed by atoms with van der Waals surface area (Å²) in [4.78, 5) is 36.3. The molecular formula is C23H24N6O5S. The Balaban J connectivity index is 1.82. The Kier molecular flexibility index (Phi) is 6.65. The van der Waals surface area contributed by atoms with Crippen LogP contribution in [0.4, 0.5) is 0 Å². The highest BCUT2D eigenvalue weighted by molar-refractivity contribution is 7.90. The van der Waals surface area contributed by atoms with Crippen LogP contribution in [0, 0.1) is 0 Å². The third-order valence-corrected chi connectivity index (χ3v) is 6.56. The molecule has 0 saturated heterocycles. The molecule has 0 saturated carbocycles. The normalized spacial score (nSPS) is 11.5. The van der Waals surface area contributed by atoms with Gasteiger partial charge >= 0.3 is 0 Å². The molecule has 1 aromatic carbocycles. The lowest BCUT2D eigenvalue weighted by atomic mass is 10.1. The number of H-pyrrole nitrogens is 1. The van der Waals surface area contributed by atoms with E-state index >= 15 is 0 Å². The van der Waals surface area contributed by atoms with Crippen molar-refractivity contribution in [2.45, 2.75) is 31.6 Å². The Morgan fingerprint density at radius 2 is 1.91 bits per heavy atom. The predicted octanol–water partition coefficient (Wildman–Crippen LogP) is 2.19. The van der Waals surface area contributed by atoms with Gasteiger partial charge < -0.3 is 9.72 Å². The van der Waals surface area contributed by atoms with E-state index < -0.39 is 21.5 Å². The maximum atomic E-state index is 13.0. The predicted molar refractivity (Wildman–Crippen MR) is 129 cm³/mol. The van der Waals surface area contributed by atoms with Gasteiger partial charge in [0.25, 0.3) is 21.5 Å². The molecule has 0 spiro atoms. The van der Waals surface area contributed by atoms with E-state index in [4.69, 9.17) is 4.74 Å². The number of aryl methyl sites for hydroxylation is 2. The van der Waals surface area contributed by atoms with Crippen molar-refractivity contribution >= 4 is 27.0 Å². The zero-order valence-corrected chi connectivity index (χ0v) is 20.2. The Morgan fingerprint density at radius 1 is 1.17 bits per heavy atom. The molecule has 12 heteroatoms. The van der Waals surface area contributed by atoms with E-state index in [9.17, 15) is 18.0 Å². The van der Waals surface area contributed by atoms with Crippen molar-refractivity contribution in [1.29, 1.82) is 0 Å². The maximum absolute atomic E-state index is 13.0. The van der Waals surface area contributed by atoms with Crippen LogP contribution in [0.5, 0.6) is 5.75 Å². The standard InChI is InChI=1S/C23H24N6O5S/c1-4-6-17-19-20(29(3)27-17)23(31)26-21(25-19)16-13-15(7-8-18(16)34-5-2)35(32,33)28-22(30)14-9-11-24-12-10-14/h7-13H,4-6H2,1-3H3,(H,28,30)(H,25,26,31).